The lowest BCUT2D eigenvalue weighted by atomic mass is 9.98. The second-order valence-electron chi connectivity index (χ2n) is 4.61. The number of rotatable bonds is 4. The van der Waals surface area contributed by atoms with Crippen molar-refractivity contribution in [3.63, 3.8) is 0 Å². The molecule has 20 heavy (non-hydrogen) atoms. The van der Waals surface area contributed by atoms with Crippen LogP contribution in [0.4, 0.5) is 0 Å². The predicted molar refractivity (Wildman–Crippen MR) is 77.6 cm³/mol. The highest BCUT2D eigenvalue weighted by molar-refractivity contribution is 5.81. The number of carbonyl (C=O) groups excluding carboxylic acids is 1. The largest absolute Gasteiger partial charge is 0.344 e. The third kappa shape index (κ3) is 3.24. The summed E-state index contributed by atoms with van der Waals surface area (Å²) in [5, 5.41) is 11.8. The van der Waals surface area contributed by atoms with Gasteiger partial charge < -0.3 is 5.32 Å². The molecule has 0 heterocycles. The van der Waals surface area contributed by atoms with Gasteiger partial charge in [0, 0.05) is 0 Å². The first kappa shape index (κ1) is 13.8. The maximum absolute atomic E-state index is 12.0. The molecule has 0 radical (unpaired) electrons. The van der Waals surface area contributed by atoms with Crippen LogP contribution in [0.2, 0.25) is 0 Å². The van der Waals surface area contributed by atoms with Crippen LogP contribution >= 0.6 is 0 Å². The number of nitriles is 1. The Morgan fingerprint density at radius 3 is 1.85 bits per heavy atom. The van der Waals surface area contributed by atoms with Gasteiger partial charge in [0.15, 0.2) is 0 Å². The maximum atomic E-state index is 12.0. The summed E-state index contributed by atoms with van der Waals surface area (Å²) < 4.78 is 0. The Hall–Kier alpha value is -2.60. The van der Waals surface area contributed by atoms with Gasteiger partial charge >= 0.3 is 0 Å². The molecule has 0 aromatic heterocycles. The molecule has 3 heteroatoms. The maximum Gasteiger partial charge on any atom is 0.237 e. The second kappa shape index (κ2) is 6.53. The lowest BCUT2D eigenvalue weighted by Crippen LogP contribution is -2.33. The molecule has 100 valence electrons. The van der Waals surface area contributed by atoms with Crippen LogP contribution in [0, 0.1) is 17.2 Å². The molecule has 0 spiro atoms. The van der Waals surface area contributed by atoms with E-state index in [0.717, 1.165) is 11.1 Å². The van der Waals surface area contributed by atoms with Gasteiger partial charge in [0.05, 0.1) is 12.1 Å². The van der Waals surface area contributed by atoms with Gasteiger partial charge in [-0.3, -0.25) is 4.79 Å². The summed E-state index contributed by atoms with van der Waals surface area (Å²) in [5.74, 6) is -0.921. The van der Waals surface area contributed by atoms with Crippen molar-refractivity contribution in [2.75, 3.05) is 0 Å². The smallest absolute Gasteiger partial charge is 0.237 e. The summed E-state index contributed by atoms with van der Waals surface area (Å²) in [4.78, 5) is 12.0. The quantitative estimate of drug-likeness (QED) is 0.922. The Balaban J connectivity index is 2.31. The fourth-order valence-corrected chi connectivity index (χ4v) is 1.98. The zero-order valence-corrected chi connectivity index (χ0v) is 11.3. The topological polar surface area (TPSA) is 52.9 Å². The van der Waals surface area contributed by atoms with Crippen LogP contribution in [0.1, 0.15) is 24.1 Å². The molecule has 0 aliphatic rings. The van der Waals surface area contributed by atoms with Crippen LogP contribution < -0.4 is 5.32 Å². The molecule has 2 aromatic carbocycles. The van der Waals surface area contributed by atoms with Crippen molar-refractivity contribution >= 4 is 5.91 Å². The third-order valence-electron chi connectivity index (χ3n) is 3.14. The van der Waals surface area contributed by atoms with E-state index in [4.69, 9.17) is 5.26 Å². The minimum atomic E-state index is -0.662. The van der Waals surface area contributed by atoms with Gasteiger partial charge in [0.1, 0.15) is 5.92 Å². The zero-order chi connectivity index (χ0) is 14.4. The Labute approximate surface area is 118 Å². The van der Waals surface area contributed by atoms with E-state index in [9.17, 15) is 4.79 Å². The van der Waals surface area contributed by atoms with E-state index in [0.29, 0.717) is 0 Å². The van der Waals surface area contributed by atoms with E-state index in [1.165, 1.54) is 0 Å². The van der Waals surface area contributed by atoms with Gasteiger partial charge in [-0.2, -0.15) is 5.26 Å². The first-order valence-electron chi connectivity index (χ1n) is 6.52. The van der Waals surface area contributed by atoms with Crippen molar-refractivity contribution in [1.82, 2.24) is 5.32 Å². The monoisotopic (exact) mass is 264 g/mol. The van der Waals surface area contributed by atoms with Gasteiger partial charge in [-0.25, -0.2) is 0 Å². The van der Waals surface area contributed by atoms with E-state index in [2.05, 4.69) is 5.32 Å². The zero-order valence-electron chi connectivity index (χ0n) is 11.3. The molecular weight excluding hydrogens is 248 g/mol. The number of benzene rings is 2. The predicted octanol–water partition coefficient (Wildman–Crippen LogP) is 3.05. The average molecular weight is 264 g/mol. The number of amides is 1. The van der Waals surface area contributed by atoms with Crippen molar-refractivity contribution < 1.29 is 4.79 Å². The van der Waals surface area contributed by atoms with Gasteiger partial charge in [-0.15, -0.1) is 0 Å². The molecule has 2 rings (SSSR count). The summed E-state index contributed by atoms with van der Waals surface area (Å²) in [5.41, 5.74) is 1.99. The summed E-state index contributed by atoms with van der Waals surface area (Å²) in [6, 6.07) is 21.2. The summed E-state index contributed by atoms with van der Waals surface area (Å²) in [7, 11) is 0. The fourth-order valence-electron chi connectivity index (χ4n) is 1.98. The fraction of sp³-hybridized carbons (Fsp3) is 0.176. The van der Waals surface area contributed by atoms with E-state index < -0.39 is 5.92 Å². The van der Waals surface area contributed by atoms with Crippen molar-refractivity contribution in [2.24, 2.45) is 5.92 Å². The van der Waals surface area contributed by atoms with Crippen LogP contribution in [-0.2, 0) is 4.79 Å². The Morgan fingerprint density at radius 1 is 1.00 bits per heavy atom. The summed E-state index contributed by atoms with van der Waals surface area (Å²) in [6.45, 7) is 1.60. The Kier molecular flexibility index (Phi) is 4.52. The molecule has 0 aliphatic heterocycles. The molecular formula is C17H16N2O. The number of hydrogen-bond donors (Lipinski definition) is 1. The highest BCUT2D eigenvalue weighted by Crippen LogP contribution is 2.22. The van der Waals surface area contributed by atoms with Crippen molar-refractivity contribution in [3.8, 4) is 6.07 Å². The molecule has 0 saturated carbocycles. The third-order valence-corrected chi connectivity index (χ3v) is 3.14. The molecule has 0 bridgehead atoms. The lowest BCUT2D eigenvalue weighted by Gasteiger charge is -2.20. The van der Waals surface area contributed by atoms with Crippen molar-refractivity contribution in [2.45, 2.75) is 13.0 Å². The molecule has 0 aliphatic carbocycles. The van der Waals surface area contributed by atoms with Gasteiger partial charge in [0.2, 0.25) is 5.91 Å². The van der Waals surface area contributed by atoms with E-state index in [-0.39, 0.29) is 11.9 Å². The number of carbonyl (C=O) groups is 1. The molecule has 0 fully saturated rings. The molecule has 2 aromatic rings. The molecule has 1 N–H and O–H groups in total. The molecule has 3 nitrogen and oxygen atoms in total. The van der Waals surface area contributed by atoms with Crippen LogP contribution in [0.25, 0.3) is 0 Å². The lowest BCUT2D eigenvalue weighted by molar-refractivity contribution is -0.123. The molecule has 1 atom stereocenters. The SMILES string of the molecule is CC(C#N)C(=O)NC(c1ccccc1)c1ccccc1. The molecule has 1 amide bonds. The normalized spacial score (nSPS) is 11.7. The summed E-state index contributed by atoms with van der Waals surface area (Å²) >= 11 is 0. The summed E-state index contributed by atoms with van der Waals surface area (Å²) in [6.07, 6.45) is 0. The van der Waals surface area contributed by atoms with Gasteiger partial charge in [0.25, 0.3) is 0 Å². The highest BCUT2D eigenvalue weighted by atomic mass is 16.1. The first-order valence-corrected chi connectivity index (χ1v) is 6.52. The number of nitrogens with zero attached hydrogens (tertiary/aromatic N) is 1. The van der Waals surface area contributed by atoms with E-state index in [1.54, 1.807) is 6.92 Å². The Bertz CT molecular complexity index is 562. The minimum absolute atomic E-state index is 0.235. The highest BCUT2D eigenvalue weighted by Gasteiger charge is 2.19. The standard InChI is InChI=1S/C17H16N2O/c1-13(12-18)17(20)19-16(14-8-4-2-5-9-14)15-10-6-3-7-11-15/h2-11,13,16H,1H3,(H,19,20). The first-order chi connectivity index (χ1) is 9.72. The number of hydrogen-bond acceptors (Lipinski definition) is 2. The van der Waals surface area contributed by atoms with E-state index >= 15 is 0 Å². The van der Waals surface area contributed by atoms with Crippen LogP contribution in [-0.4, -0.2) is 5.91 Å². The Morgan fingerprint density at radius 2 is 1.45 bits per heavy atom. The van der Waals surface area contributed by atoms with Crippen LogP contribution in [0.3, 0.4) is 0 Å². The van der Waals surface area contributed by atoms with E-state index in [1.807, 2.05) is 66.7 Å². The minimum Gasteiger partial charge on any atom is -0.344 e. The molecule has 0 saturated heterocycles. The molecule has 1 unspecified atom stereocenters. The van der Waals surface area contributed by atoms with Crippen molar-refractivity contribution in [1.29, 1.82) is 5.26 Å². The average Bonchev–Trinajstić information content (AvgIpc) is 2.53. The van der Waals surface area contributed by atoms with Crippen molar-refractivity contribution in [3.05, 3.63) is 71.8 Å². The van der Waals surface area contributed by atoms with Gasteiger partial charge in [-0.05, 0) is 18.1 Å². The number of nitrogens with one attached hydrogen (secondary N) is 1. The van der Waals surface area contributed by atoms with Crippen LogP contribution in [0.15, 0.2) is 60.7 Å². The van der Waals surface area contributed by atoms with Gasteiger partial charge in [-0.1, -0.05) is 60.7 Å². The van der Waals surface area contributed by atoms with Crippen LogP contribution in [0.5, 0.6) is 0 Å². The second-order valence-corrected chi connectivity index (χ2v) is 4.61.